The summed E-state index contributed by atoms with van der Waals surface area (Å²) in [4.78, 5) is 4.06. The number of nitrogens with one attached hydrogen (secondary N) is 1. The van der Waals surface area contributed by atoms with Crippen LogP contribution in [0.5, 0.6) is 0 Å². The molecular weight excluding hydrogens is 248 g/mol. The van der Waals surface area contributed by atoms with Gasteiger partial charge in [0.1, 0.15) is 0 Å². The fourth-order valence-electron chi connectivity index (χ4n) is 2.29. The lowest BCUT2D eigenvalue weighted by atomic mass is 10.0. The summed E-state index contributed by atoms with van der Waals surface area (Å²) < 4.78 is 1.89. The maximum Gasteiger partial charge on any atom is 0.0645 e. The van der Waals surface area contributed by atoms with E-state index in [1.165, 1.54) is 5.56 Å². The Kier molecular flexibility index (Phi) is 3.56. The van der Waals surface area contributed by atoms with E-state index in [4.69, 9.17) is 0 Å². The van der Waals surface area contributed by atoms with E-state index in [0.717, 1.165) is 11.3 Å². The number of hydrogen-bond donors (Lipinski definition) is 1. The Labute approximate surface area is 118 Å². The van der Waals surface area contributed by atoms with Crippen LogP contribution in [0.15, 0.2) is 67.3 Å². The number of aromatic nitrogens is 3. The Morgan fingerprint density at radius 1 is 1.00 bits per heavy atom. The third-order valence-corrected chi connectivity index (χ3v) is 3.28. The highest BCUT2D eigenvalue weighted by molar-refractivity contribution is 5.33. The van der Waals surface area contributed by atoms with Crippen LogP contribution in [0.3, 0.4) is 0 Å². The average molecular weight is 264 g/mol. The minimum Gasteiger partial charge on any atom is -0.309 e. The van der Waals surface area contributed by atoms with Crippen LogP contribution in [0.25, 0.3) is 5.69 Å². The predicted octanol–water partition coefficient (Wildman–Crippen LogP) is 2.58. The average Bonchev–Trinajstić information content (AvgIpc) is 3.00. The lowest BCUT2D eigenvalue weighted by molar-refractivity contribution is 0.690. The third-order valence-electron chi connectivity index (χ3n) is 3.28. The zero-order chi connectivity index (χ0) is 13.8. The maximum absolute atomic E-state index is 4.44. The first-order valence-corrected chi connectivity index (χ1v) is 6.55. The largest absolute Gasteiger partial charge is 0.309 e. The summed E-state index contributed by atoms with van der Waals surface area (Å²) in [5.41, 5.74) is 3.36. The van der Waals surface area contributed by atoms with Gasteiger partial charge < -0.3 is 5.32 Å². The second-order valence-electron chi connectivity index (χ2n) is 4.56. The Hall–Kier alpha value is -2.46. The summed E-state index contributed by atoms with van der Waals surface area (Å²) in [7, 11) is 1.95. The molecule has 20 heavy (non-hydrogen) atoms. The van der Waals surface area contributed by atoms with E-state index in [1.54, 1.807) is 12.4 Å². The second kappa shape index (κ2) is 5.67. The van der Waals surface area contributed by atoms with Crippen molar-refractivity contribution in [2.75, 3.05) is 7.05 Å². The van der Waals surface area contributed by atoms with E-state index in [0.29, 0.717) is 0 Å². The fourth-order valence-corrected chi connectivity index (χ4v) is 2.29. The highest BCUT2D eigenvalue weighted by atomic mass is 15.3. The molecule has 0 saturated heterocycles. The molecule has 4 heteroatoms. The minimum atomic E-state index is 0.121. The Morgan fingerprint density at radius 2 is 1.75 bits per heavy atom. The number of benzene rings is 1. The monoisotopic (exact) mass is 264 g/mol. The zero-order valence-electron chi connectivity index (χ0n) is 11.3. The summed E-state index contributed by atoms with van der Waals surface area (Å²) in [6.45, 7) is 0. The molecule has 0 spiro atoms. The topological polar surface area (TPSA) is 42.7 Å². The maximum atomic E-state index is 4.44. The Bertz CT molecular complexity index is 661. The van der Waals surface area contributed by atoms with Gasteiger partial charge in [-0.25, -0.2) is 4.68 Å². The molecule has 4 nitrogen and oxygen atoms in total. The predicted molar refractivity (Wildman–Crippen MR) is 78.7 cm³/mol. The molecule has 0 radical (unpaired) electrons. The third kappa shape index (κ3) is 2.46. The summed E-state index contributed by atoms with van der Waals surface area (Å²) in [6.07, 6.45) is 7.56. The molecule has 3 rings (SSSR count). The SMILES string of the molecule is CNC(c1ccncc1)c1cnn(-c2ccccc2)c1. The molecule has 1 N–H and O–H groups in total. The minimum absolute atomic E-state index is 0.121. The lowest BCUT2D eigenvalue weighted by Gasteiger charge is -2.14. The molecule has 0 bridgehead atoms. The first-order chi connectivity index (χ1) is 9.88. The number of rotatable bonds is 4. The molecule has 0 aliphatic carbocycles. The van der Waals surface area contributed by atoms with Crippen molar-refractivity contribution in [2.24, 2.45) is 0 Å². The summed E-state index contributed by atoms with van der Waals surface area (Å²) >= 11 is 0. The zero-order valence-corrected chi connectivity index (χ0v) is 11.3. The molecule has 100 valence electrons. The van der Waals surface area contributed by atoms with E-state index in [1.807, 2.05) is 60.4 Å². The van der Waals surface area contributed by atoms with Crippen molar-refractivity contribution in [2.45, 2.75) is 6.04 Å². The van der Waals surface area contributed by atoms with Crippen molar-refractivity contribution in [3.8, 4) is 5.69 Å². The van der Waals surface area contributed by atoms with Crippen molar-refractivity contribution < 1.29 is 0 Å². The molecule has 3 aromatic rings. The van der Waals surface area contributed by atoms with E-state index in [-0.39, 0.29) is 6.04 Å². The number of pyridine rings is 1. The van der Waals surface area contributed by atoms with Crippen LogP contribution in [0.2, 0.25) is 0 Å². The normalized spacial score (nSPS) is 12.2. The van der Waals surface area contributed by atoms with Crippen molar-refractivity contribution in [3.05, 3.63) is 78.4 Å². The van der Waals surface area contributed by atoms with Gasteiger partial charge in [-0.2, -0.15) is 5.10 Å². The Balaban J connectivity index is 1.93. The van der Waals surface area contributed by atoms with Gasteiger partial charge in [-0.3, -0.25) is 4.98 Å². The van der Waals surface area contributed by atoms with E-state index in [9.17, 15) is 0 Å². The number of hydrogen-bond acceptors (Lipinski definition) is 3. The smallest absolute Gasteiger partial charge is 0.0645 e. The molecular formula is C16H16N4. The molecule has 1 aromatic carbocycles. The van der Waals surface area contributed by atoms with Crippen LogP contribution >= 0.6 is 0 Å². The van der Waals surface area contributed by atoms with E-state index in [2.05, 4.69) is 21.6 Å². The number of nitrogens with zero attached hydrogens (tertiary/aromatic N) is 3. The molecule has 0 amide bonds. The van der Waals surface area contributed by atoms with Gasteiger partial charge in [-0.1, -0.05) is 18.2 Å². The number of para-hydroxylation sites is 1. The van der Waals surface area contributed by atoms with Gasteiger partial charge >= 0.3 is 0 Å². The lowest BCUT2D eigenvalue weighted by Crippen LogP contribution is -2.17. The molecule has 1 atom stereocenters. The summed E-state index contributed by atoms with van der Waals surface area (Å²) in [5, 5.41) is 7.76. The molecule has 2 aromatic heterocycles. The van der Waals surface area contributed by atoms with Crippen molar-refractivity contribution in [1.82, 2.24) is 20.1 Å². The molecule has 0 aliphatic heterocycles. The summed E-state index contributed by atoms with van der Waals surface area (Å²) in [6, 6.07) is 14.2. The van der Waals surface area contributed by atoms with Gasteiger partial charge in [-0.05, 0) is 36.9 Å². The molecule has 2 heterocycles. The van der Waals surface area contributed by atoms with E-state index < -0.39 is 0 Å². The molecule has 0 aliphatic rings. The van der Waals surface area contributed by atoms with Crippen molar-refractivity contribution in [3.63, 3.8) is 0 Å². The quantitative estimate of drug-likeness (QED) is 0.787. The van der Waals surface area contributed by atoms with Gasteiger partial charge in [0.2, 0.25) is 0 Å². The molecule has 0 fully saturated rings. The van der Waals surface area contributed by atoms with Crippen molar-refractivity contribution in [1.29, 1.82) is 0 Å². The standard InChI is InChI=1S/C16H16N4/c1-17-16(13-7-9-18-10-8-13)14-11-19-20(12-14)15-5-3-2-4-6-15/h2-12,16-17H,1H3. The first kappa shape index (κ1) is 12.6. The van der Waals surface area contributed by atoms with Gasteiger partial charge in [-0.15, -0.1) is 0 Å². The molecule has 0 saturated carbocycles. The molecule has 1 unspecified atom stereocenters. The Morgan fingerprint density at radius 3 is 2.45 bits per heavy atom. The van der Waals surface area contributed by atoms with Gasteiger partial charge in [0.15, 0.2) is 0 Å². The van der Waals surface area contributed by atoms with Crippen LogP contribution in [0, 0.1) is 0 Å². The van der Waals surface area contributed by atoms with Crippen LogP contribution in [0.1, 0.15) is 17.2 Å². The van der Waals surface area contributed by atoms with Crippen molar-refractivity contribution >= 4 is 0 Å². The highest BCUT2D eigenvalue weighted by Gasteiger charge is 2.14. The first-order valence-electron chi connectivity index (χ1n) is 6.55. The second-order valence-corrected chi connectivity index (χ2v) is 4.56. The fraction of sp³-hybridized carbons (Fsp3) is 0.125. The van der Waals surface area contributed by atoms with Crippen LogP contribution in [0.4, 0.5) is 0 Å². The summed E-state index contributed by atoms with van der Waals surface area (Å²) in [5.74, 6) is 0. The highest BCUT2D eigenvalue weighted by Crippen LogP contribution is 2.21. The van der Waals surface area contributed by atoms with Crippen LogP contribution in [-0.2, 0) is 0 Å². The van der Waals surface area contributed by atoms with Gasteiger partial charge in [0.25, 0.3) is 0 Å². The van der Waals surface area contributed by atoms with Crippen LogP contribution < -0.4 is 5.32 Å². The van der Waals surface area contributed by atoms with Gasteiger partial charge in [0, 0.05) is 24.2 Å². The van der Waals surface area contributed by atoms with E-state index >= 15 is 0 Å². The van der Waals surface area contributed by atoms with Crippen LogP contribution in [-0.4, -0.2) is 21.8 Å². The van der Waals surface area contributed by atoms with Gasteiger partial charge in [0.05, 0.1) is 17.9 Å².